The van der Waals surface area contributed by atoms with Crippen LogP contribution in [0.4, 0.5) is 0 Å². The molecule has 0 radical (unpaired) electrons. The summed E-state index contributed by atoms with van der Waals surface area (Å²) in [4.78, 5) is 0. The number of aryl methyl sites for hydroxylation is 1. The molecule has 1 aromatic carbocycles. The van der Waals surface area contributed by atoms with Crippen molar-refractivity contribution < 1.29 is 5.11 Å². The first-order valence-corrected chi connectivity index (χ1v) is 5.24. The highest BCUT2D eigenvalue weighted by Gasteiger charge is 2.07. The molecule has 1 heterocycles. The molecule has 0 amide bonds. The van der Waals surface area contributed by atoms with E-state index in [1.165, 1.54) is 11.1 Å². The average molecular weight is 217 g/mol. The molecule has 2 aromatic rings. The number of nitrogens with zero attached hydrogens (tertiary/aromatic N) is 3. The Bertz CT molecular complexity index is 474. The Kier molecular flexibility index (Phi) is 3.01. The Morgan fingerprint density at radius 2 is 1.75 bits per heavy atom. The molecule has 4 nitrogen and oxygen atoms in total. The molecule has 0 atom stereocenters. The first-order valence-electron chi connectivity index (χ1n) is 5.24. The molecular formula is C12H15N3O. The van der Waals surface area contributed by atoms with Crippen LogP contribution in [0.3, 0.4) is 0 Å². The Morgan fingerprint density at radius 1 is 1.12 bits per heavy atom. The zero-order chi connectivity index (χ0) is 11.5. The second-order valence-corrected chi connectivity index (χ2v) is 3.91. The molecule has 16 heavy (non-hydrogen) atoms. The molecular weight excluding hydrogens is 202 g/mol. The minimum Gasteiger partial charge on any atom is -0.388 e. The number of hydrogen-bond donors (Lipinski definition) is 1. The van der Waals surface area contributed by atoms with Gasteiger partial charge in [0.2, 0.25) is 0 Å². The smallest absolute Gasteiger partial charge is 0.158 e. The monoisotopic (exact) mass is 217 g/mol. The maximum Gasteiger partial charge on any atom is 0.158 e. The molecule has 0 saturated carbocycles. The molecule has 4 heteroatoms. The number of rotatable bonds is 3. The second kappa shape index (κ2) is 4.45. The van der Waals surface area contributed by atoms with Crippen molar-refractivity contribution >= 4 is 0 Å². The minimum absolute atomic E-state index is 0.0720. The van der Waals surface area contributed by atoms with Gasteiger partial charge >= 0.3 is 0 Å². The summed E-state index contributed by atoms with van der Waals surface area (Å²) in [6.45, 7) is 1.99. The molecule has 0 spiro atoms. The minimum atomic E-state index is -0.0720. The normalized spacial score (nSPS) is 10.7. The number of aliphatic hydroxyl groups is 1. The summed E-state index contributed by atoms with van der Waals surface area (Å²) in [5.74, 6) is 1.47. The van der Waals surface area contributed by atoms with Crippen LogP contribution in [0.25, 0.3) is 0 Å². The SMILES string of the molecule is Cc1ccc(Cc2nnc(CO)n2C)cc1. The van der Waals surface area contributed by atoms with Gasteiger partial charge in [-0.1, -0.05) is 29.8 Å². The van der Waals surface area contributed by atoms with Gasteiger partial charge in [0, 0.05) is 13.5 Å². The van der Waals surface area contributed by atoms with Crippen molar-refractivity contribution in [3.05, 3.63) is 47.0 Å². The molecule has 1 N–H and O–H groups in total. The van der Waals surface area contributed by atoms with Crippen LogP contribution in [0.1, 0.15) is 22.8 Å². The van der Waals surface area contributed by atoms with E-state index in [2.05, 4.69) is 41.4 Å². The second-order valence-electron chi connectivity index (χ2n) is 3.91. The zero-order valence-electron chi connectivity index (χ0n) is 9.51. The van der Waals surface area contributed by atoms with E-state index >= 15 is 0 Å². The van der Waals surface area contributed by atoms with Gasteiger partial charge in [-0.3, -0.25) is 0 Å². The number of aromatic nitrogens is 3. The maximum absolute atomic E-state index is 9.01. The summed E-state index contributed by atoms with van der Waals surface area (Å²) in [6, 6.07) is 8.34. The fourth-order valence-electron chi connectivity index (χ4n) is 1.58. The topological polar surface area (TPSA) is 50.9 Å². The van der Waals surface area contributed by atoms with Crippen LogP contribution in [-0.4, -0.2) is 19.9 Å². The van der Waals surface area contributed by atoms with Gasteiger partial charge in [-0.2, -0.15) is 0 Å². The van der Waals surface area contributed by atoms with Gasteiger partial charge in [0.05, 0.1) is 0 Å². The fraction of sp³-hybridized carbons (Fsp3) is 0.333. The van der Waals surface area contributed by atoms with Crippen LogP contribution in [0, 0.1) is 6.92 Å². The van der Waals surface area contributed by atoms with Gasteiger partial charge in [-0.25, -0.2) is 0 Å². The predicted octanol–water partition coefficient (Wildman–Crippen LogP) is 1.21. The largest absolute Gasteiger partial charge is 0.388 e. The van der Waals surface area contributed by atoms with E-state index in [4.69, 9.17) is 5.11 Å². The van der Waals surface area contributed by atoms with Gasteiger partial charge in [0.25, 0.3) is 0 Å². The number of benzene rings is 1. The van der Waals surface area contributed by atoms with Crippen LogP contribution in [0.15, 0.2) is 24.3 Å². The lowest BCUT2D eigenvalue weighted by Gasteiger charge is -2.03. The molecule has 0 bridgehead atoms. The van der Waals surface area contributed by atoms with Gasteiger partial charge in [0.15, 0.2) is 5.82 Å². The van der Waals surface area contributed by atoms with Gasteiger partial charge in [0.1, 0.15) is 12.4 Å². The van der Waals surface area contributed by atoms with Crippen molar-refractivity contribution in [2.24, 2.45) is 7.05 Å². The highest BCUT2D eigenvalue weighted by Crippen LogP contribution is 2.09. The highest BCUT2D eigenvalue weighted by molar-refractivity contribution is 5.24. The summed E-state index contributed by atoms with van der Waals surface area (Å²) < 4.78 is 1.83. The lowest BCUT2D eigenvalue weighted by molar-refractivity contribution is 0.266. The molecule has 1 aromatic heterocycles. The van der Waals surface area contributed by atoms with Crippen molar-refractivity contribution in [3.8, 4) is 0 Å². The zero-order valence-corrected chi connectivity index (χ0v) is 9.51. The molecule has 0 aliphatic heterocycles. The predicted molar refractivity (Wildman–Crippen MR) is 60.9 cm³/mol. The standard InChI is InChI=1S/C12H15N3O/c1-9-3-5-10(6-4-9)7-11-13-14-12(8-16)15(11)2/h3-6,16H,7-8H2,1-2H3. The van der Waals surface area contributed by atoms with E-state index in [1.807, 2.05) is 11.6 Å². The van der Waals surface area contributed by atoms with E-state index in [0.717, 1.165) is 12.2 Å². The third-order valence-corrected chi connectivity index (χ3v) is 2.68. The van der Waals surface area contributed by atoms with Crippen molar-refractivity contribution in [2.45, 2.75) is 20.0 Å². The Labute approximate surface area is 94.6 Å². The lowest BCUT2D eigenvalue weighted by atomic mass is 10.1. The molecule has 0 fully saturated rings. The van der Waals surface area contributed by atoms with E-state index in [0.29, 0.717) is 5.82 Å². The van der Waals surface area contributed by atoms with Crippen LogP contribution in [-0.2, 0) is 20.1 Å². The third kappa shape index (κ3) is 2.12. The summed E-state index contributed by atoms with van der Waals surface area (Å²) in [7, 11) is 1.87. The van der Waals surface area contributed by atoms with E-state index < -0.39 is 0 Å². The number of hydrogen-bond acceptors (Lipinski definition) is 3. The van der Waals surface area contributed by atoms with E-state index in [1.54, 1.807) is 0 Å². The van der Waals surface area contributed by atoms with E-state index in [9.17, 15) is 0 Å². The first kappa shape index (κ1) is 10.8. The summed E-state index contributed by atoms with van der Waals surface area (Å²) in [5.41, 5.74) is 2.45. The van der Waals surface area contributed by atoms with Crippen LogP contribution in [0.5, 0.6) is 0 Å². The Balaban J connectivity index is 2.20. The van der Waals surface area contributed by atoms with Crippen molar-refractivity contribution in [2.75, 3.05) is 0 Å². The Hall–Kier alpha value is -1.68. The van der Waals surface area contributed by atoms with Crippen molar-refractivity contribution in [1.29, 1.82) is 0 Å². The van der Waals surface area contributed by atoms with Gasteiger partial charge in [-0.15, -0.1) is 10.2 Å². The molecule has 0 aliphatic rings. The molecule has 0 aliphatic carbocycles. The fourth-order valence-corrected chi connectivity index (χ4v) is 1.58. The van der Waals surface area contributed by atoms with Gasteiger partial charge in [-0.05, 0) is 12.5 Å². The first-order chi connectivity index (χ1) is 7.70. The van der Waals surface area contributed by atoms with E-state index in [-0.39, 0.29) is 6.61 Å². The number of aliphatic hydroxyl groups excluding tert-OH is 1. The van der Waals surface area contributed by atoms with Gasteiger partial charge < -0.3 is 9.67 Å². The lowest BCUT2D eigenvalue weighted by Crippen LogP contribution is -2.03. The average Bonchev–Trinajstić information content (AvgIpc) is 2.63. The summed E-state index contributed by atoms with van der Waals surface area (Å²) in [5, 5.41) is 17.0. The molecule has 0 saturated heterocycles. The Morgan fingerprint density at radius 3 is 2.31 bits per heavy atom. The maximum atomic E-state index is 9.01. The molecule has 2 rings (SSSR count). The van der Waals surface area contributed by atoms with Crippen LogP contribution in [0.2, 0.25) is 0 Å². The van der Waals surface area contributed by atoms with Crippen LogP contribution >= 0.6 is 0 Å². The highest BCUT2D eigenvalue weighted by atomic mass is 16.3. The molecule has 84 valence electrons. The summed E-state index contributed by atoms with van der Waals surface area (Å²) in [6.07, 6.45) is 0.740. The molecule has 0 unspecified atom stereocenters. The van der Waals surface area contributed by atoms with Crippen molar-refractivity contribution in [1.82, 2.24) is 14.8 Å². The van der Waals surface area contributed by atoms with Crippen molar-refractivity contribution in [3.63, 3.8) is 0 Å². The summed E-state index contributed by atoms with van der Waals surface area (Å²) >= 11 is 0. The third-order valence-electron chi connectivity index (χ3n) is 2.68. The van der Waals surface area contributed by atoms with Crippen LogP contribution < -0.4 is 0 Å². The quantitative estimate of drug-likeness (QED) is 0.840.